The SMILES string of the molecule is CCCCC(CC)COC(=O)O/N=C(\N)c1ccccc1-c1ccc(Cn2c(OCC)nc3cccc(C(=O)OC)c32)cc1. The number of carbonyl (C=O) groups is 2. The number of para-hydroxylation sites is 1. The van der Waals surface area contributed by atoms with Crippen molar-refractivity contribution < 1.29 is 28.6 Å². The van der Waals surface area contributed by atoms with Crippen LogP contribution in [0.15, 0.2) is 71.9 Å². The molecule has 0 spiro atoms. The summed E-state index contributed by atoms with van der Waals surface area (Å²) in [5.74, 6) is -0.0951. The van der Waals surface area contributed by atoms with Gasteiger partial charge >= 0.3 is 12.1 Å². The van der Waals surface area contributed by atoms with Crippen molar-refractivity contribution in [1.82, 2.24) is 9.55 Å². The number of nitrogens with two attached hydrogens (primary N) is 1. The normalized spacial score (nSPS) is 12.1. The maximum absolute atomic E-state index is 12.5. The summed E-state index contributed by atoms with van der Waals surface area (Å²) in [7, 11) is 1.36. The summed E-state index contributed by atoms with van der Waals surface area (Å²) in [6, 6.07) is 21.1. The molecule has 0 bridgehead atoms. The lowest BCUT2D eigenvalue weighted by molar-refractivity contribution is 0.0442. The highest BCUT2D eigenvalue weighted by Crippen LogP contribution is 2.28. The topological polar surface area (TPSA) is 127 Å². The van der Waals surface area contributed by atoms with Crippen LogP contribution >= 0.6 is 0 Å². The van der Waals surface area contributed by atoms with Gasteiger partial charge in [-0.1, -0.05) is 92.9 Å². The number of rotatable bonds is 14. The summed E-state index contributed by atoms with van der Waals surface area (Å²) < 4.78 is 18.0. The molecule has 0 saturated carbocycles. The Morgan fingerprint density at radius 3 is 2.43 bits per heavy atom. The number of hydrogen-bond acceptors (Lipinski definition) is 8. The maximum Gasteiger partial charge on any atom is 0.535 e. The molecule has 0 amide bonds. The van der Waals surface area contributed by atoms with Gasteiger partial charge in [0.1, 0.15) is 0 Å². The van der Waals surface area contributed by atoms with E-state index in [1.54, 1.807) is 12.1 Å². The van der Waals surface area contributed by atoms with Gasteiger partial charge in [0.15, 0.2) is 5.84 Å². The van der Waals surface area contributed by atoms with E-state index in [2.05, 4.69) is 24.0 Å². The van der Waals surface area contributed by atoms with E-state index in [9.17, 15) is 9.59 Å². The van der Waals surface area contributed by atoms with Crippen molar-refractivity contribution in [2.45, 2.75) is 53.0 Å². The van der Waals surface area contributed by atoms with Gasteiger partial charge in [0, 0.05) is 5.56 Å². The Morgan fingerprint density at radius 1 is 0.977 bits per heavy atom. The molecule has 0 radical (unpaired) electrons. The van der Waals surface area contributed by atoms with E-state index in [4.69, 9.17) is 24.8 Å². The molecule has 0 aliphatic rings. The molecule has 2 N–H and O–H groups in total. The third-order valence-electron chi connectivity index (χ3n) is 7.42. The van der Waals surface area contributed by atoms with Gasteiger partial charge in [-0.3, -0.25) is 9.40 Å². The number of hydrogen-bond donors (Lipinski definition) is 1. The number of benzene rings is 3. The van der Waals surface area contributed by atoms with Gasteiger partial charge in [-0.05, 0) is 48.1 Å². The van der Waals surface area contributed by atoms with Gasteiger partial charge in [-0.15, -0.1) is 0 Å². The van der Waals surface area contributed by atoms with Crippen molar-refractivity contribution in [2.75, 3.05) is 20.3 Å². The van der Waals surface area contributed by atoms with Gasteiger partial charge in [0.25, 0.3) is 6.01 Å². The first-order valence-electron chi connectivity index (χ1n) is 15.0. The van der Waals surface area contributed by atoms with Gasteiger partial charge < -0.3 is 19.9 Å². The van der Waals surface area contributed by atoms with Crippen LogP contribution in [0.25, 0.3) is 22.2 Å². The third-order valence-corrected chi connectivity index (χ3v) is 7.42. The highest BCUT2D eigenvalue weighted by molar-refractivity contribution is 6.03. The van der Waals surface area contributed by atoms with E-state index in [1.807, 2.05) is 66.1 Å². The molecule has 3 aromatic carbocycles. The minimum Gasteiger partial charge on any atom is -0.465 e. The molecule has 4 rings (SSSR count). The lowest BCUT2D eigenvalue weighted by Gasteiger charge is -2.14. The first-order valence-corrected chi connectivity index (χ1v) is 15.0. The van der Waals surface area contributed by atoms with Crippen LogP contribution in [0.1, 0.15) is 67.9 Å². The van der Waals surface area contributed by atoms with Crippen LogP contribution in [0.5, 0.6) is 6.01 Å². The Bertz CT molecular complexity index is 1600. The van der Waals surface area contributed by atoms with E-state index in [1.165, 1.54) is 7.11 Å². The van der Waals surface area contributed by atoms with Crippen molar-refractivity contribution in [1.29, 1.82) is 0 Å². The van der Waals surface area contributed by atoms with Gasteiger partial charge in [0.2, 0.25) is 0 Å². The van der Waals surface area contributed by atoms with Gasteiger partial charge in [0.05, 0.1) is 43.5 Å². The average Bonchev–Trinajstić information content (AvgIpc) is 3.40. The quantitative estimate of drug-likeness (QED) is 0.0543. The zero-order valence-corrected chi connectivity index (χ0v) is 25.7. The highest BCUT2D eigenvalue weighted by atomic mass is 16.8. The Balaban J connectivity index is 1.52. The van der Waals surface area contributed by atoms with E-state index in [-0.39, 0.29) is 5.84 Å². The molecule has 4 aromatic rings. The van der Waals surface area contributed by atoms with Gasteiger partial charge in [-0.25, -0.2) is 9.59 Å². The number of oxime groups is 1. The third kappa shape index (κ3) is 7.75. The molecule has 0 aliphatic heterocycles. The number of aromatic nitrogens is 2. The number of methoxy groups -OCH3 is 1. The van der Waals surface area contributed by atoms with Crippen molar-refractivity contribution >= 4 is 29.0 Å². The first kappa shape index (κ1) is 32.1. The second-order valence-electron chi connectivity index (χ2n) is 10.4. The zero-order chi connectivity index (χ0) is 31.5. The van der Waals surface area contributed by atoms with Crippen molar-refractivity contribution in [2.24, 2.45) is 16.8 Å². The van der Waals surface area contributed by atoms with Crippen LogP contribution in [0, 0.1) is 5.92 Å². The lowest BCUT2D eigenvalue weighted by atomic mass is 9.98. The molecule has 10 heteroatoms. The predicted molar refractivity (Wildman–Crippen MR) is 170 cm³/mol. The van der Waals surface area contributed by atoms with Gasteiger partial charge in [-0.2, -0.15) is 4.98 Å². The largest absolute Gasteiger partial charge is 0.535 e. The number of carbonyl (C=O) groups excluding carboxylic acids is 2. The smallest absolute Gasteiger partial charge is 0.465 e. The van der Waals surface area contributed by atoms with Crippen molar-refractivity contribution in [3.63, 3.8) is 0 Å². The number of imidazole rings is 1. The Morgan fingerprint density at radius 2 is 1.73 bits per heavy atom. The Hall–Kier alpha value is -4.86. The van der Waals surface area contributed by atoms with Crippen LogP contribution in [-0.4, -0.2) is 47.8 Å². The second-order valence-corrected chi connectivity index (χ2v) is 10.4. The molecule has 1 heterocycles. The van der Waals surface area contributed by atoms with Crippen molar-refractivity contribution in [3.05, 3.63) is 83.4 Å². The monoisotopic (exact) mass is 600 g/mol. The fraction of sp³-hybridized carbons (Fsp3) is 0.353. The summed E-state index contributed by atoms with van der Waals surface area (Å²) in [5, 5.41) is 3.86. The highest BCUT2D eigenvalue weighted by Gasteiger charge is 2.20. The lowest BCUT2D eigenvalue weighted by Crippen LogP contribution is -2.18. The number of nitrogens with zero attached hydrogens (tertiary/aromatic N) is 3. The maximum atomic E-state index is 12.5. The number of esters is 1. The minimum absolute atomic E-state index is 0.0567. The van der Waals surface area contributed by atoms with Crippen LogP contribution in [-0.2, 0) is 20.9 Å². The fourth-order valence-corrected chi connectivity index (χ4v) is 5.00. The van der Waals surface area contributed by atoms with Crippen LogP contribution < -0.4 is 10.5 Å². The molecule has 0 aliphatic carbocycles. The number of amidine groups is 1. The summed E-state index contributed by atoms with van der Waals surface area (Å²) >= 11 is 0. The average molecular weight is 601 g/mol. The van der Waals surface area contributed by atoms with E-state index >= 15 is 0 Å². The molecule has 10 nitrogen and oxygen atoms in total. The summed E-state index contributed by atoms with van der Waals surface area (Å²) in [4.78, 5) is 34.3. The fourth-order valence-electron chi connectivity index (χ4n) is 5.00. The molecule has 0 saturated heterocycles. The molecule has 1 unspecified atom stereocenters. The number of fused-ring (bicyclic) bond motifs is 1. The minimum atomic E-state index is -0.876. The summed E-state index contributed by atoms with van der Waals surface area (Å²) in [6.45, 7) is 7.23. The molecular weight excluding hydrogens is 560 g/mol. The summed E-state index contributed by atoms with van der Waals surface area (Å²) in [6.07, 6.45) is 3.23. The molecule has 44 heavy (non-hydrogen) atoms. The zero-order valence-electron chi connectivity index (χ0n) is 25.7. The molecule has 232 valence electrons. The molecule has 1 aromatic heterocycles. The van der Waals surface area contributed by atoms with E-state index in [0.717, 1.165) is 42.4 Å². The van der Waals surface area contributed by atoms with E-state index < -0.39 is 12.1 Å². The summed E-state index contributed by atoms with van der Waals surface area (Å²) in [5.41, 5.74) is 11.2. The molecule has 0 fully saturated rings. The van der Waals surface area contributed by atoms with Crippen LogP contribution in [0.2, 0.25) is 0 Å². The number of ether oxygens (including phenoxy) is 3. The standard InChI is InChI=1S/C34H40N4O6/c1-5-8-12-23(6-2)22-43-34(40)44-37-31(35)27-14-10-9-13-26(27)25-19-17-24(18-20-25)21-38-30-28(32(39)41-4)15-11-16-29(30)36-33(38)42-7-3/h9-11,13-20,23H,5-8,12,21-22H2,1-4H3,(H2,35,37). The van der Waals surface area contributed by atoms with Crippen LogP contribution in [0.3, 0.4) is 0 Å². The first-order chi connectivity index (χ1) is 21.4. The van der Waals surface area contributed by atoms with Crippen LogP contribution in [0.4, 0.5) is 4.79 Å². The number of unbranched alkanes of at least 4 members (excludes halogenated alkanes) is 1. The Kier molecular flexibility index (Phi) is 11.3. The van der Waals surface area contributed by atoms with E-state index in [0.29, 0.717) is 53.8 Å². The molecule has 1 atom stereocenters. The molecular formula is C34H40N4O6. The second kappa shape index (κ2) is 15.6. The Labute approximate surface area is 257 Å². The van der Waals surface area contributed by atoms with Crippen molar-refractivity contribution in [3.8, 4) is 17.1 Å². The predicted octanol–water partition coefficient (Wildman–Crippen LogP) is 6.93.